The van der Waals surface area contributed by atoms with Crippen molar-refractivity contribution in [2.45, 2.75) is 55.4 Å². The fraction of sp³-hybridized carbons (Fsp3) is 0.308. The summed E-state index contributed by atoms with van der Waals surface area (Å²) in [7, 11) is 0. The molecular weight excluding hydrogens is 312 g/mol. The lowest BCUT2D eigenvalue weighted by molar-refractivity contribution is 1.24. The predicted octanol–water partition coefficient (Wildman–Crippen LogP) is 7.61. The zero-order valence-corrected chi connectivity index (χ0v) is 17.3. The highest BCUT2D eigenvalue weighted by molar-refractivity contribution is 6.29. The lowest BCUT2D eigenvalue weighted by atomic mass is 9.81. The van der Waals surface area contributed by atoms with Crippen molar-refractivity contribution in [1.29, 1.82) is 0 Å². The van der Waals surface area contributed by atoms with Crippen molar-refractivity contribution in [2.24, 2.45) is 0 Å². The van der Waals surface area contributed by atoms with Crippen LogP contribution in [0, 0.1) is 55.4 Å². The first kappa shape index (κ1) is 17.1. The molecule has 0 atom stereocenters. The molecule has 4 aromatic rings. The van der Waals surface area contributed by atoms with Gasteiger partial charge in [-0.05, 0) is 132 Å². The Morgan fingerprint density at radius 3 is 0.923 bits per heavy atom. The van der Waals surface area contributed by atoms with Crippen LogP contribution in [-0.4, -0.2) is 0 Å². The van der Waals surface area contributed by atoms with Gasteiger partial charge in [0.05, 0.1) is 0 Å². The first-order valence-electron chi connectivity index (χ1n) is 9.58. The molecule has 0 heterocycles. The Morgan fingerprint density at radius 2 is 0.615 bits per heavy atom. The zero-order valence-electron chi connectivity index (χ0n) is 17.3. The second-order valence-corrected chi connectivity index (χ2v) is 8.05. The van der Waals surface area contributed by atoms with E-state index in [4.69, 9.17) is 0 Å². The molecule has 0 radical (unpaired) electrons. The van der Waals surface area contributed by atoms with E-state index in [2.05, 4.69) is 79.7 Å². The van der Waals surface area contributed by atoms with Gasteiger partial charge in [-0.1, -0.05) is 24.3 Å². The van der Waals surface area contributed by atoms with E-state index in [1.54, 1.807) is 0 Å². The molecule has 4 aromatic carbocycles. The molecule has 0 spiro atoms. The van der Waals surface area contributed by atoms with Crippen LogP contribution < -0.4 is 0 Å². The quantitative estimate of drug-likeness (QED) is 0.289. The molecule has 0 amide bonds. The molecule has 26 heavy (non-hydrogen) atoms. The van der Waals surface area contributed by atoms with Gasteiger partial charge in [-0.25, -0.2) is 0 Å². The summed E-state index contributed by atoms with van der Waals surface area (Å²) in [5.41, 5.74) is 11.4. The lowest BCUT2D eigenvalue weighted by Gasteiger charge is -2.23. The van der Waals surface area contributed by atoms with E-state index in [0.29, 0.717) is 0 Å². The Labute approximate surface area is 156 Å². The van der Waals surface area contributed by atoms with Crippen molar-refractivity contribution in [1.82, 2.24) is 0 Å². The lowest BCUT2D eigenvalue weighted by Crippen LogP contribution is -2.00. The van der Waals surface area contributed by atoms with Crippen LogP contribution >= 0.6 is 0 Å². The second-order valence-electron chi connectivity index (χ2n) is 8.05. The van der Waals surface area contributed by atoms with E-state index in [0.717, 1.165) is 0 Å². The smallest absolute Gasteiger partial charge is 0.00613 e. The molecule has 0 bridgehead atoms. The van der Waals surface area contributed by atoms with Gasteiger partial charge in [-0.2, -0.15) is 0 Å². The maximum absolute atomic E-state index is 2.31. The molecule has 0 aromatic heterocycles. The van der Waals surface area contributed by atoms with Crippen LogP contribution in [0.5, 0.6) is 0 Å². The average Bonchev–Trinajstić information content (AvgIpc) is 2.65. The van der Waals surface area contributed by atoms with Crippen molar-refractivity contribution in [3.05, 3.63) is 68.8 Å². The van der Waals surface area contributed by atoms with E-state index in [1.165, 1.54) is 76.8 Å². The van der Waals surface area contributed by atoms with Gasteiger partial charge >= 0.3 is 0 Å². The number of hydrogen-bond acceptors (Lipinski definition) is 0. The summed E-state index contributed by atoms with van der Waals surface area (Å²) < 4.78 is 0. The minimum absolute atomic E-state index is 1.39. The molecule has 132 valence electrons. The van der Waals surface area contributed by atoms with Gasteiger partial charge in [-0.3, -0.25) is 0 Å². The monoisotopic (exact) mass is 340 g/mol. The zero-order chi connectivity index (χ0) is 18.9. The van der Waals surface area contributed by atoms with E-state index in [-0.39, 0.29) is 0 Å². The van der Waals surface area contributed by atoms with Gasteiger partial charge in [-0.15, -0.1) is 0 Å². The molecule has 4 rings (SSSR count). The molecule has 0 aliphatic carbocycles. The highest BCUT2D eigenvalue weighted by Crippen LogP contribution is 2.44. The maximum atomic E-state index is 2.31. The number of fused-ring (bicyclic) bond motifs is 6. The standard InChI is InChI=1S/C26H28/c1-13-15(3)19(7)25-23(17(13)5)21-11-9-10-12-22(21)24-18(6)14(2)16(4)20(8)26(24)25/h9-12H,1-8H3. The molecular formula is C26H28. The Hall–Kier alpha value is -2.34. The Balaban J connectivity index is 2.57. The van der Waals surface area contributed by atoms with Gasteiger partial charge in [0.1, 0.15) is 0 Å². The molecule has 0 unspecified atom stereocenters. The molecule has 0 heteroatoms. The molecule has 0 saturated carbocycles. The number of benzene rings is 4. The Bertz CT molecular complexity index is 1140. The Morgan fingerprint density at radius 1 is 0.346 bits per heavy atom. The molecule has 0 aliphatic rings. The van der Waals surface area contributed by atoms with Crippen molar-refractivity contribution < 1.29 is 0 Å². The fourth-order valence-corrected chi connectivity index (χ4v) is 4.84. The molecule has 0 aliphatic heterocycles. The van der Waals surface area contributed by atoms with Crippen LogP contribution in [-0.2, 0) is 0 Å². The minimum atomic E-state index is 1.39. The normalized spacial score (nSPS) is 11.8. The molecule has 0 nitrogen and oxygen atoms in total. The summed E-state index contributed by atoms with van der Waals surface area (Å²) in [6.07, 6.45) is 0. The van der Waals surface area contributed by atoms with Gasteiger partial charge in [0.15, 0.2) is 0 Å². The highest BCUT2D eigenvalue weighted by Gasteiger charge is 2.20. The molecule has 0 N–H and O–H groups in total. The van der Waals surface area contributed by atoms with Gasteiger partial charge in [0.25, 0.3) is 0 Å². The van der Waals surface area contributed by atoms with Crippen LogP contribution in [0.2, 0.25) is 0 Å². The van der Waals surface area contributed by atoms with Gasteiger partial charge in [0.2, 0.25) is 0 Å². The van der Waals surface area contributed by atoms with E-state index in [9.17, 15) is 0 Å². The van der Waals surface area contributed by atoms with E-state index in [1.807, 2.05) is 0 Å². The minimum Gasteiger partial charge on any atom is -0.0616 e. The third-order valence-electron chi connectivity index (χ3n) is 7.09. The predicted molar refractivity (Wildman–Crippen MR) is 117 cm³/mol. The topological polar surface area (TPSA) is 0 Å². The summed E-state index contributed by atoms with van der Waals surface area (Å²) >= 11 is 0. The third-order valence-corrected chi connectivity index (χ3v) is 7.09. The number of hydrogen-bond donors (Lipinski definition) is 0. The van der Waals surface area contributed by atoms with Crippen LogP contribution in [0.25, 0.3) is 32.3 Å². The summed E-state index contributed by atoms with van der Waals surface area (Å²) in [5.74, 6) is 0. The van der Waals surface area contributed by atoms with Gasteiger partial charge < -0.3 is 0 Å². The highest BCUT2D eigenvalue weighted by atomic mass is 14.2. The number of aryl methyl sites for hydroxylation is 4. The summed E-state index contributed by atoms with van der Waals surface area (Å²) in [5, 5.41) is 8.60. The van der Waals surface area contributed by atoms with Crippen molar-refractivity contribution >= 4 is 32.3 Å². The van der Waals surface area contributed by atoms with Gasteiger partial charge in [0, 0.05) is 0 Å². The second kappa shape index (κ2) is 5.58. The largest absolute Gasteiger partial charge is 0.0616 e. The van der Waals surface area contributed by atoms with Crippen LogP contribution in [0.4, 0.5) is 0 Å². The van der Waals surface area contributed by atoms with Crippen molar-refractivity contribution in [2.75, 3.05) is 0 Å². The fourth-order valence-electron chi connectivity index (χ4n) is 4.84. The first-order chi connectivity index (χ1) is 12.3. The number of rotatable bonds is 0. The third kappa shape index (κ3) is 1.96. The summed E-state index contributed by atoms with van der Waals surface area (Å²) in [4.78, 5) is 0. The molecule has 0 fully saturated rings. The van der Waals surface area contributed by atoms with Crippen LogP contribution in [0.1, 0.15) is 44.5 Å². The average molecular weight is 341 g/mol. The first-order valence-corrected chi connectivity index (χ1v) is 9.58. The summed E-state index contributed by atoms with van der Waals surface area (Å²) in [6.45, 7) is 18.3. The van der Waals surface area contributed by atoms with Crippen molar-refractivity contribution in [3.8, 4) is 0 Å². The van der Waals surface area contributed by atoms with Crippen LogP contribution in [0.3, 0.4) is 0 Å². The maximum Gasteiger partial charge on any atom is -0.00613 e. The molecule has 0 saturated heterocycles. The SMILES string of the molecule is Cc1c(C)c(C)c2c(c1C)c1ccccc1c1c(C)c(C)c(C)c(C)c12. The van der Waals surface area contributed by atoms with Crippen LogP contribution in [0.15, 0.2) is 24.3 Å². The Kier molecular flexibility index (Phi) is 3.67. The van der Waals surface area contributed by atoms with Crippen molar-refractivity contribution in [3.63, 3.8) is 0 Å². The van der Waals surface area contributed by atoms with E-state index < -0.39 is 0 Å². The van der Waals surface area contributed by atoms with E-state index >= 15 is 0 Å². The summed E-state index contributed by atoms with van der Waals surface area (Å²) in [6, 6.07) is 8.98.